The highest BCUT2D eigenvalue weighted by Gasteiger charge is 2.31. The number of nitrogens with zero attached hydrogens (tertiary/aromatic N) is 2. The summed E-state index contributed by atoms with van der Waals surface area (Å²) < 4.78 is 5.67. The summed E-state index contributed by atoms with van der Waals surface area (Å²) in [6, 6.07) is 6.90. The van der Waals surface area contributed by atoms with Gasteiger partial charge in [0.2, 0.25) is 0 Å². The summed E-state index contributed by atoms with van der Waals surface area (Å²) in [4.78, 5) is 27.8. The van der Waals surface area contributed by atoms with Crippen molar-refractivity contribution in [3.05, 3.63) is 52.1 Å². The number of rotatable bonds is 6. The average molecular weight is 577 g/mol. The summed E-state index contributed by atoms with van der Waals surface area (Å²) in [7, 11) is 1.43. The molecule has 2 aromatic rings. The molecule has 2 aromatic carbocycles. The van der Waals surface area contributed by atoms with Gasteiger partial charge in [0.15, 0.2) is 5.78 Å². The number of phenols is 1. The van der Waals surface area contributed by atoms with Gasteiger partial charge in [-0.2, -0.15) is 0 Å². The molecule has 37 heavy (non-hydrogen) atoms. The number of amidine groups is 1. The Hall–Kier alpha value is -3.07. The van der Waals surface area contributed by atoms with E-state index in [0.29, 0.717) is 46.8 Å². The molecule has 1 heterocycles. The quantitative estimate of drug-likeness (QED) is 0.358. The first kappa shape index (κ1) is 30.2. The zero-order chi connectivity index (χ0) is 27.2. The minimum atomic E-state index is -1.14. The summed E-state index contributed by atoms with van der Waals surface area (Å²) in [6.07, 6.45) is -1.14. The van der Waals surface area contributed by atoms with E-state index in [1.54, 1.807) is 29.2 Å². The van der Waals surface area contributed by atoms with E-state index >= 15 is 0 Å². The number of carbonyl (C=O) groups excluding carboxylic acids is 1. The summed E-state index contributed by atoms with van der Waals surface area (Å²) in [5.41, 5.74) is 2.91. The number of anilines is 1. The molecule has 0 fully saturated rings. The summed E-state index contributed by atoms with van der Waals surface area (Å²) in [5.74, 6) is 0.639. The van der Waals surface area contributed by atoms with Crippen molar-refractivity contribution >= 4 is 40.4 Å². The van der Waals surface area contributed by atoms with Crippen molar-refractivity contribution in [2.75, 3.05) is 25.1 Å². The largest absolute Gasteiger partial charge is 0.507 e. The monoisotopic (exact) mass is 575 g/mol. The zero-order valence-corrected chi connectivity index (χ0v) is 24.6. The van der Waals surface area contributed by atoms with E-state index in [0.717, 1.165) is 10.5 Å². The predicted molar refractivity (Wildman–Crippen MR) is 151 cm³/mol. The first-order chi connectivity index (χ1) is 16.6. The maximum Gasteiger partial charge on any atom is 0.411 e. The van der Waals surface area contributed by atoms with Crippen LogP contribution in [0.4, 0.5) is 10.5 Å². The van der Waals surface area contributed by atoms with Crippen LogP contribution in [0.1, 0.15) is 81.1 Å². The average Bonchev–Trinajstić information content (AvgIpc) is 3.05. The number of amides is 1. The van der Waals surface area contributed by atoms with Crippen molar-refractivity contribution in [1.82, 2.24) is 4.90 Å². The van der Waals surface area contributed by atoms with E-state index in [1.165, 1.54) is 7.05 Å². The molecule has 0 radical (unpaired) electrons. The molecule has 1 amide bonds. The van der Waals surface area contributed by atoms with Gasteiger partial charge < -0.3 is 19.8 Å². The molecular weight excluding hydrogens is 538 g/mol. The fourth-order valence-corrected chi connectivity index (χ4v) is 4.39. The Bertz CT molecular complexity index is 1190. The van der Waals surface area contributed by atoms with Crippen LogP contribution < -0.4 is 9.64 Å². The Morgan fingerprint density at radius 1 is 1.05 bits per heavy atom. The topological polar surface area (TPSA) is 114 Å². The number of carbonyl (C=O) groups is 2. The van der Waals surface area contributed by atoms with Crippen molar-refractivity contribution in [3.63, 3.8) is 0 Å². The van der Waals surface area contributed by atoms with Crippen LogP contribution in [0.2, 0.25) is 0 Å². The van der Waals surface area contributed by atoms with Crippen LogP contribution >= 0.6 is 17.0 Å². The molecule has 3 rings (SSSR count). The summed E-state index contributed by atoms with van der Waals surface area (Å²) in [5, 5.41) is 29.1. The molecule has 0 unspecified atom stereocenters. The molecule has 9 heteroatoms. The van der Waals surface area contributed by atoms with Gasteiger partial charge in [-0.05, 0) is 47.6 Å². The van der Waals surface area contributed by atoms with Crippen molar-refractivity contribution < 1.29 is 24.5 Å². The molecule has 3 N–H and O–H groups in total. The number of benzene rings is 2. The number of fused-ring (bicyclic) bond motifs is 1. The van der Waals surface area contributed by atoms with E-state index in [4.69, 9.17) is 10.1 Å². The second-order valence-electron chi connectivity index (χ2n) is 11.3. The Morgan fingerprint density at radius 2 is 1.59 bits per heavy atom. The lowest BCUT2D eigenvalue weighted by atomic mass is 9.78. The van der Waals surface area contributed by atoms with E-state index in [2.05, 4.69) is 0 Å². The Morgan fingerprint density at radius 3 is 2.05 bits per heavy atom. The lowest BCUT2D eigenvalue weighted by Crippen LogP contribution is -2.31. The number of phenolic OH excluding ortho intramolecular Hbond substituents is 1. The lowest BCUT2D eigenvalue weighted by Gasteiger charge is -2.28. The lowest BCUT2D eigenvalue weighted by molar-refractivity contribution is 0.0962. The van der Waals surface area contributed by atoms with E-state index in [1.807, 2.05) is 48.5 Å². The molecule has 8 nitrogen and oxygen atoms in total. The third-order valence-corrected chi connectivity index (χ3v) is 6.45. The molecule has 1 aliphatic heterocycles. The predicted octanol–water partition coefficient (Wildman–Crippen LogP) is 6.10. The minimum Gasteiger partial charge on any atom is -0.507 e. The highest BCUT2D eigenvalue weighted by atomic mass is 79.9. The standard InChI is InChI=1S/C28H37N3O5.BrH/c1-9-36-23-12-17-14-31(25(29)18(17)13-21(23)30(8)26(34)35)15-22(32)16-10-19(27(2,3)4)24(33)20(11-16)28(5,6)7;/h10-13,29,33H,9,14-15H2,1-8H3,(H,34,35);1H. The highest BCUT2D eigenvalue weighted by molar-refractivity contribution is 8.93. The number of nitrogens with one attached hydrogen (secondary N) is 1. The van der Waals surface area contributed by atoms with Gasteiger partial charge in [-0.15, -0.1) is 17.0 Å². The van der Waals surface area contributed by atoms with E-state index < -0.39 is 6.09 Å². The van der Waals surface area contributed by atoms with Crippen molar-refractivity contribution in [3.8, 4) is 11.5 Å². The minimum absolute atomic E-state index is 0. The molecule has 1 aliphatic rings. The van der Waals surface area contributed by atoms with Gasteiger partial charge in [-0.25, -0.2) is 4.79 Å². The van der Waals surface area contributed by atoms with Crippen LogP contribution in [0.5, 0.6) is 11.5 Å². The number of aromatic hydroxyl groups is 1. The SMILES string of the molecule is Br.CCOc1cc2c(cc1N(C)C(=O)O)C(=N)N(CC(=O)c1cc(C(C)(C)C)c(O)c(C(C)(C)C)c1)C2. The van der Waals surface area contributed by atoms with Crippen LogP contribution in [-0.4, -0.2) is 53.0 Å². The first-order valence-electron chi connectivity index (χ1n) is 12.1. The zero-order valence-electron chi connectivity index (χ0n) is 22.9. The van der Waals surface area contributed by atoms with Gasteiger partial charge in [0, 0.05) is 35.8 Å². The van der Waals surface area contributed by atoms with Gasteiger partial charge in [0.25, 0.3) is 0 Å². The Labute approximate surface area is 229 Å². The Kier molecular flexibility index (Phi) is 8.75. The molecule has 202 valence electrons. The second kappa shape index (κ2) is 10.7. The van der Waals surface area contributed by atoms with Crippen molar-refractivity contribution in [1.29, 1.82) is 5.41 Å². The Balaban J connectivity index is 0.00000481. The molecular formula is C28H38BrN3O5. The van der Waals surface area contributed by atoms with E-state index in [9.17, 15) is 19.8 Å². The second-order valence-corrected chi connectivity index (χ2v) is 11.3. The van der Waals surface area contributed by atoms with Crippen LogP contribution in [0.15, 0.2) is 24.3 Å². The molecule has 0 saturated heterocycles. The third kappa shape index (κ3) is 6.09. The normalized spacial score (nSPS) is 13.2. The number of hydrogen-bond acceptors (Lipinski definition) is 5. The molecule has 0 spiro atoms. The van der Waals surface area contributed by atoms with Gasteiger partial charge in [-0.3, -0.25) is 15.1 Å². The number of ether oxygens (including phenoxy) is 1. The fourth-order valence-electron chi connectivity index (χ4n) is 4.39. The first-order valence-corrected chi connectivity index (χ1v) is 12.1. The smallest absolute Gasteiger partial charge is 0.411 e. The number of Topliss-reactive ketones (excluding diaryl/α,β-unsaturated/α-hetero) is 1. The number of carboxylic acid groups (broad SMARTS) is 1. The highest BCUT2D eigenvalue weighted by Crippen LogP contribution is 2.40. The molecule has 0 bridgehead atoms. The van der Waals surface area contributed by atoms with Gasteiger partial charge >= 0.3 is 6.09 Å². The third-order valence-electron chi connectivity index (χ3n) is 6.45. The van der Waals surface area contributed by atoms with Gasteiger partial charge in [0.05, 0.1) is 18.8 Å². The molecule has 0 saturated carbocycles. The summed E-state index contributed by atoms with van der Waals surface area (Å²) in [6.45, 7) is 14.5. The number of ketones is 1. The van der Waals surface area contributed by atoms with E-state index in [-0.39, 0.29) is 51.7 Å². The van der Waals surface area contributed by atoms with Crippen molar-refractivity contribution in [2.45, 2.75) is 65.8 Å². The summed E-state index contributed by atoms with van der Waals surface area (Å²) >= 11 is 0. The molecule has 0 aromatic heterocycles. The van der Waals surface area contributed by atoms with Crippen LogP contribution in [0.3, 0.4) is 0 Å². The van der Waals surface area contributed by atoms with Crippen LogP contribution in [0, 0.1) is 5.41 Å². The van der Waals surface area contributed by atoms with Crippen molar-refractivity contribution in [2.24, 2.45) is 0 Å². The van der Waals surface area contributed by atoms with Gasteiger partial charge in [0.1, 0.15) is 17.3 Å². The molecule has 0 aliphatic carbocycles. The molecule has 0 atom stereocenters. The van der Waals surface area contributed by atoms with Crippen LogP contribution in [0.25, 0.3) is 0 Å². The number of hydrogen-bond donors (Lipinski definition) is 3. The van der Waals surface area contributed by atoms with Gasteiger partial charge in [-0.1, -0.05) is 41.5 Å². The van der Waals surface area contributed by atoms with Crippen LogP contribution in [-0.2, 0) is 17.4 Å². The fraction of sp³-hybridized carbons (Fsp3) is 0.464. The maximum atomic E-state index is 13.5. The number of halogens is 1. The maximum absolute atomic E-state index is 13.5.